The zero-order valence-electron chi connectivity index (χ0n) is 8.32. The van der Waals surface area contributed by atoms with Crippen LogP contribution in [0.3, 0.4) is 0 Å². The molecule has 0 aliphatic carbocycles. The van der Waals surface area contributed by atoms with Gasteiger partial charge in [0, 0.05) is 6.20 Å². The first-order valence-corrected chi connectivity index (χ1v) is 5.42. The fraction of sp³-hybridized carbons (Fsp3) is 0.0909. The van der Waals surface area contributed by atoms with Crippen LogP contribution in [0.5, 0.6) is 0 Å². The number of halogens is 3. The highest BCUT2D eigenvalue weighted by atomic mass is 32.1. The molecule has 0 radical (unpaired) electrons. The highest BCUT2D eigenvalue weighted by Gasteiger charge is 2.35. The minimum absolute atomic E-state index is 0.0809. The second-order valence-corrected chi connectivity index (χ2v) is 4.12. The molecule has 2 rings (SSSR count). The van der Waals surface area contributed by atoms with Crippen LogP contribution in [0.4, 0.5) is 13.2 Å². The maximum absolute atomic E-state index is 12.7. The van der Waals surface area contributed by atoms with E-state index in [0.717, 1.165) is 12.3 Å². The lowest BCUT2D eigenvalue weighted by molar-refractivity contribution is -0.137. The van der Waals surface area contributed by atoms with E-state index in [2.05, 4.69) is 4.98 Å². The third-order valence-corrected chi connectivity index (χ3v) is 3.00. The largest absolute Gasteiger partial charge is 0.417 e. The predicted octanol–water partition coefficient (Wildman–Crippen LogP) is 3.70. The van der Waals surface area contributed by atoms with Crippen molar-refractivity contribution in [1.82, 2.24) is 4.98 Å². The van der Waals surface area contributed by atoms with E-state index < -0.39 is 17.3 Å². The molecule has 86 valence electrons. The first-order chi connectivity index (χ1) is 8.04. The van der Waals surface area contributed by atoms with Gasteiger partial charge in [-0.3, -0.25) is 4.98 Å². The molecule has 17 heavy (non-hydrogen) atoms. The normalized spacial score (nSPS) is 11.2. The minimum Gasteiger partial charge on any atom is -0.254 e. The first kappa shape index (κ1) is 11.6. The number of thiophene rings is 1. The highest BCUT2D eigenvalue weighted by molar-refractivity contribution is 7.13. The summed E-state index contributed by atoms with van der Waals surface area (Å²) in [5, 5.41) is 10.6. The average Bonchev–Trinajstić information content (AvgIpc) is 2.80. The third kappa shape index (κ3) is 2.15. The third-order valence-electron chi connectivity index (χ3n) is 2.12. The van der Waals surface area contributed by atoms with E-state index in [-0.39, 0.29) is 5.69 Å². The van der Waals surface area contributed by atoms with Crippen molar-refractivity contribution < 1.29 is 13.2 Å². The van der Waals surface area contributed by atoms with E-state index in [4.69, 9.17) is 5.26 Å². The van der Waals surface area contributed by atoms with Gasteiger partial charge >= 0.3 is 6.18 Å². The summed E-state index contributed by atoms with van der Waals surface area (Å²) in [7, 11) is 0. The Morgan fingerprint density at radius 3 is 2.59 bits per heavy atom. The lowest BCUT2D eigenvalue weighted by Crippen LogP contribution is -2.09. The van der Waals surface area contributed by atoms with Crippen molar-refractivity contribution in [2.45, 2.75) is 6.18 Å². The van der Waals surface area contributed by atoms with Crippen LogP contribution in [-0.4, -0.2) is 4.98 Å². The zero-order chi connectivity index (χ0) is 12.5. The molecule has 2 nitrogen and oxygen atoms in total. The first-order valence-electron chi connectivity index (χ1n) is 4.54. The molecule has 0 spiro atoms. The quantitative estimate of drug-likeness (QED) is 0.778. The van der Waals surface area contributed by atoms with E-state index >= 15 is 0 Å². The molecule has 0 bridgehead atoms. The summed E-state index contributed by atoms with van der Waals surface area (Å²) in [6.07, 6.45) is -3.47. The smallest absolute Gasteiger partial charge is 0.254 e. The number of alkyl halides is 3. The van der Waals surface area contributed by atoms with Crippen LogP contribution in [0.15, 0.2) is 29.8 Å². The van der Waals surface area contributed by atoms with Crippen LogP contribution >= 0.6 is 11.3 Å². The Bertz CT molecular complexity index is 567. The van der Waals surface area contributed by atoms with Crippen molar-refractivity contribution in [2.75, 3.05) is 0 Å². The van der Waals surface area contributed by atoms with Gasteiger partial charge in [-0.05, 0) is 17.5 Å². The summed E-state index contributed by atoms with van der Waals surface area (Å²) >= 11 is 1.24. The molecular weight excluding hydrogens is 249 g/mol. The van der Waals surface area contributed by atoms with Crippen molar-refractivity contribution in [3.8, 4) is 16.6 Å². The SMILES string of the molecule is N#Cc1c(C(F)(F)F)ccnc1-c1cccs1. The van der Waals surface area contributed by atoms with E-state index in [1.165, 1.54) is 11.3 Å². The topological polar surface area (TPSA) is 36.7 Å². The Kier molecular flexibility index (Phi) is 2.86. The summed E-state index contributed by atoms with van der Waals surface area (Å²) in [6.45, 7) is 0. The van der Waals surface area contributed by atoms with Gasteiger partial charge < -0.3 is 0 Å². The van der Waals surface area contributed by atoms with Crippen LogP contribution in [0.25, 0.3) is 10.6 Å². The van der Waals surface area contributed by atoms with Crippen molar-refractivity contribution >= 4 is 11.3 Å². The molecule has 0 saturated heterocycles. The van der Waals surface area contributed by atoms with Gasteiger partial charge in [-0.1, -0.05) is 6.07 Å². The summed E-state index contributed by atoms with van der Waals surface area (Å²) < 4.78 is 38.0. The number of hydrogen-bond acceptors (Lipinski definition) is 3. The summed E-state index contributed by atoms with van der Waals surface area (Å²) in [5.41, 5.74) is -1.29. The van der Waals surface area contributed by atoms with Gasteiger partial charge in [0.05, 0.1) is 21.7 Å². The summed E-state index contributed by atoms with van der Waals surface area (Å²) in [6, 6.07) is 5.73. The number of hydrogen-bond donors (Lipinski definition) is 0. The lowest BCUT2D eigenvalue weighted by Gasteiger charge is -2.10. The Hall–Kier alpha value is -1.87. The molecule has 2 aromatic heterocycles. The number of aromatic nitrogens is 1. The molecule has 0 fully saturated rings. The second kappa shape index (κ2) is 4.18. The van der Waals surface area contributed by atoms with Crippen molar-refractivity contribution in [3.05, 3.63) is 40.9 Å². The standard InChI is InChI=1S/C11H5F3N2S/c12-11(13,14)8-3-4-16-10(7(8)6-15)9-2-1-5-17-9/h1-5H. The molecule has 0 aliphatic heterocycles. The van der Waals surface area contributed by atoms with Gasteiger partial charge in [0.2, 0.25) is 0 Å². The van der Waals surface area contributed by atoms with E-state index in [1.807, 2.05) is 0 Å². The lowest BCUT2D eigenvalue weighted by atomic mass is 10.1. The Morgan fingerprint density at radius 1 is 1.29 bits per heavy atom. The van der Waals surface area contributed by atoms with Crippen LogP contribution in [0.1, 0.15) is 11.1 Å². The molecule has 0 aliphatic rings. The van der Waals surface area contributed by atoms with Gasteiger partial charge in [-0.2, -0.15) is 18.4 Å². The number of nitriles is 1. The summed E-state index contributed by atoms with van der Waals surface area (Å²) in [4.78, 5) is 4.40. The number of rotatable bonds is 1. The molecule has 6 heteroatoms. The maximum atomic E-state index is 12.7. The predicted molar refractivity (Wildman–Crippen MR) is 57.3 cm³/mol. The van der Waals surface area contributed by atoms with Crippen molar-refractivity contribution in [3.63, 3.8) is 0 Å². The molecule has 0 atom stereocenters. The number of nitrogens with zero attached hydrogens (tertiary/aromatic N) is 2. The zero-order valence-corrected chi connectivity index (χ0v) is 9.14. The van der Waals surface area contributed by atoms with Gasteiger partial charge in [-0.25, -0.2) is 0 Å². The molecule has 0 saturated carbocycles. The van der Waals surface area contributed by atoms with Crippen LogP contribution in [-0.2, 0) is 6.18 Å². The van der Waals surface area contributed by atoms with Crippen molar-refractivity contribution in [1.29, 1.82) is 5.26 Å². The fourth-order valence-electron chi connectivity index (χ4n) is 1.41. The number of pyridine rings is 1. The average molecular weight is 254 g/mol. The van der Waals surface area contributed by atoms with Crippen LogP contribution < -0.4 is 0 Å². The van der Waals surface area contributed by atoms with Gasteiger partial charge in [0.25, 0.3) is 0 Å². The molecule has 0 aromatic carbocycles. The fourth-order valence-corrected chi connectivity index (χ4v) is 2.14. The van der Waals surface area contributed by atoms with Crippen LogP contribution in [0.2, 0.25) is 0 Å². The van der Waals surface area contributed by atoms with Crippen molar-refractivity contribution in [2.24, 2.45) is 0 Å². The van der Waals surface area contributed by atoms with E-state index in [9.17, 15) is 13.2 Å². The van der Waals surface area contributed by atoms with Gasteiger partial charge in [-0.15, -0.1) is 11.3 Å². The molecule has 0 amide bonds. The molecule has 0 N–H and O–H groups in total. The minimum atomic E-state index is -4.54. The van der Waals surface area contributed by atoms with E-state index in [0.29, 0.717) is 4.88 Å². The Labute approximate surface area is 99.0 Å². The molecule has 0 unspecified atom stereocenters. The van der Waals surface area contributed by atoms with E-state index in [1.54, 1.807) is 23.6 Å². The van der Waals surface area contributed by atoms with Gasteiger partial charge in [0.15, 0.2) is 0 Å². The summed E-state index contributed by atoms with van der Waals surface area (Å²) in [5.74, 6) is 0. The molecule has 2 heterocycles. The van der Waals surface area contributed by atoms with Crippen LogP contribution in [0, 0.1) is 11.3 Å². The molecular formula is C11H5F3N2S. The Morgan fingerprint density at radius 2 is 2.06 bits per heavy atom. The highest BCUT2D eigenvalue weighted by Crippen LogP contribution is 2.36. The monoisotopic (exact) mass is 254 g/mol. The second-order valence-electron chi connectivity index (χ2n) is 3.17. The Balaban J connectivity index is 2.68. The molecule has 2 aromatic rings. The van der Waals surface area contributed by atoms with Gasteiger partial charge in [0.1, 0.15) is 6.07 Å². The maximum Gasteiger partial charge on any atom is 0.417 e.